The first-order valence-corrected chi connectivity index (χ1v) is 9.30. The molecule has 2 fully saturated rings. The van der Waals surface area contributed by atoms with Crippen LogP contribution in [0.15, 0.2) is 28.8 Å². The van der Waals surface area contributed by atoms with E-state index in [-0.39, 0.29) is 11.9 Å². The lowest BCUT2D eigenvalue weighted by atomic mass is 9.99. The number of amides is 1. The smallest absolute Gasteiger partial charge is 0.255 e. The molecule has 3 heterocycles. The molecule has 0 aliphatic carbocycles. The van der Waals surface area contributed by atoms with Crippen LogP contribution in [0.4, 0.5) is 0 Å². The maximum atomic E-state index is 12.8. The molecule has 26 heavy (non-hydrogen) atoms. The average molecular weight is 355 g/mol. The lowest BCUT2D eigenvalue weighted by Crippen LogP contribution is -2.48. The van der Waals surface area contributed by atoms with Crippen LogP contribution in [0.1, 0.15) is 53.1 Å². The minimum absolute atomic E-state index is 0.0642. The molecule has 2 N–H and O–H groups in total. The minimum atomic E-state index is -0.0642. The fourth-order valence-electron chi connectivity index (χ4n) is 4.08. The van der Waals surface area contributed by atoms with Crippen molar-refractivity contribution < 1.29 is 14.1 Å². The molecule has 1 amide bonds. The molecule has 4 rings (SSSR count). The predicted octanol–water partition coefficient (Wildman–Crippen LogP) is 2.88. The second-order valence-electron chi connectivity index (χ2n) is 7.37. The summed E-state index contributed by atoms with van der Waals surface area (Å²) in [5.74, 6) is 1.27. The van der Waals surface area contributed by atoms with Gasteiger partial charge in [0.1, 0.15) is 18.1 Å². The highest BCUT2D eigenvalue weighted by atomic mass is 16.5. The normalized spacial score (nSPS) is 24.5. The van der Waals surface area contributed by atoms with Crippen LogP contribution in [0.5, 0.6) is 5.75 Å². The maximum absolute atomic E-state index is 12.8. The van der Waals surface area contributed by atoms with Gasteiger partial charge in [0.25, 0.3) is 5.91 Å². The highest BCUT2D eigenvalue weighted by molar-refractivity contribution is 5.97. The molecular weight excluding hydrogens is 330 g/mol. The molecule has 138 valence electrons. The van der Waals surface area contributed by atoms with Crippen molar-refractivity contribution in [2.45, 2.75) is 64.3 Å². The molecule has 0 saturated carbocycles. The molecule has 6 nitrogen and oxygen atoms in total. The Kier molecular flexibility index (Phi) is 4.68. The second-order valence-corrected chi connectivity index (χ2v) is 7.37. The summed E-state index contributed by atoms with van der Waals surface area (Å²) in [5, 5.41) is 10.7. The number of carbonyl (C=O) groups is 1. The van der Waals surface area contributed by atoms with Crippen molar-refractivity contribution in [3.63, 3.8) is 0 Å². The van der Waals surface area contributed by atoms with Crippen molar-refractivity contribution in [2.75, 3.05) is 0 Å². The third-order valence-electron chi connectivity index (χ3n) is 5.49. The van der Waals surface area contributed by atoms with Gasteiger partial charge in [-0.05, 0) is 51.7 Å². The SMILES string of the molecule is Cc1noc(C)c1COc1ccccc1C(=O)NC1CC2CCC(C1)N2. The number of benzene rings is 1. The van der Waals surface area contributed by atoms with Crippen LogP contribution in [0.2, 0.25) is 0 Å². The third kappa shape index (κ3) is 3.46. The first-order chi connectivity index (χ1) is 12.6. The molecular formula is C20H25N3O3. The lowest BCUT2D eigenvalue weighted by Gasteiger charge is -2.29. The summed E-state index contributed by atoms with van der Waals surface area (Å²) in [6.45, 7) is 4.09. The van der Waals surface area contributed by atoms with E-state index >= 15 is 0 Å². The zero-order valence-corrected chi connectivity index (χ0v) is 15.2. The molecule has 2 saturated heterocycles. The largest absolute Gasteiger partial charge is 0.488 e. The van der Waals surface area contributed by atoms with Crippen molar-refractivity contribution >= 4 is 5.91 Å². The van der Waals surface area contributed by atoms with Gasteiger partial charge in [0, 0.05) is 18.1 Å². The summed E-state index contributed by atoms with van der Waals surface area (Å²) in [4.78, 5) is 12.8. The maximum Gasteiger partial charge on any atom is 0.255 e. The summed E-state index contributed by atoms with van der Waals surface area (Å²) in [7, 11) is 0. The van der Waals surface area contributed by atoms with Crippen LogP contribution >= 0.6 is 0 Å². The Morgan fingerprint density at radius 1 is 1.27 bits per heavy atom. The van der Waals surface area contributed by atoms with Crippen LogP contribution in [-0.2, 0) is 6.61 Å². The number of piperidine rings is 1. The molecule has 1 aromatic heterocycles. The Hall–Kier alpha value is -2.34. The topological polar surface area (TPSA) is 76.4 Å². The van der Waals surface area contributed by atoms with Crippen molar-refractivity contribution in [3.8, 4) is 5.75 Å². The first-order valence-electron chi connectivity index (χ1n) is 9.30. The second kappa shape index (κ2) is 7.11. The van der Waals surface area contributed by atoms with Gasteiger partial charge < -0.3 is 19.9 Å². The monoisotopic (exact) mass is 355 g/mol. The number of carbonyl (C=O) groups excluding carboxylic acids is 1. The summed E-state index contributed by atoms with van der Waals surface area (Å²) in [6.07, 6.45) is 4.44. The van der Waals surface area contributed by atoms with Gasteiger partial charge in [-0.2, -0.15) is 0 Å². The number of aromatic nitrogens is 1. The van der Waals surface area contributed by atoms with E-state index < -0.39 is 0 Å². The van der Waals surface area contributed by atoms with Gasteiger partial charge in [-0.1, -0.05) is 17.3 Å². The van der Waals surface area contributed by atoms with E-state index in [4.69, 9.17) is 9.26 Å². The summed E-state index contributed by atoms with van der Waals surface area (Å²) >= 11 is 0. The van der Waals surface area contributed by atoms with E-state index in [9.17, 15) is 4.79 Å². The zero-order chi connectivity index (χ0) is 18.1. The molecule has 2 aromatic rings. The Morgan fingerprint density at radius 3 is 2.69 bits per heavy atom. The zero-order valence-electron chi connectivity index (χ0n) is 15.2. The van der Waals surface area contributed by atoms with E-state index in [0.717, 1.165) is 29.9 Å². The third-order valence-corrected chi connectivity index (χ3v) is 5.49. The predicted molar refractivity (Wildman–Crippen MR) is 97.2 cm³/mol. The minimum Gasteiger partial charge on any atom is -0.488 e. The lowest BCUT2D eigenvalue weighted by molar-refractivity contribution is 0.0919. The van der Waals surface area contributed by atoms with E-state index in [1.807, 2.05) is 38.1 Å². The van der Waals surface area contributed by atoms with Gasteiger partial charge >= 0.3 is 0 Å². The molecule has 1 aromatic carbocycles. The summed E-state index contributed by atoms with van der Waals surface area (Å²) in [6, 6.07) is 8.72. The molecule has 2 aliphatic rings. The van der Waals surface area contributed by atoms with Gasteiger partial charge in [-0.25, -0.2) is 0 Å². The van der Waals surface area contributed by atoms with Crippen LogP contribution < -0.4 is 15.4 Å². The molecule has 2 atom stereocenters. The standard InChI is InChI=1S/C20H25N3O3/c1-12-18(13(2)26-23-12)11-25-19-6-4-3-5-17(19)20(24)22-16-9-14-7-8-15(10-16)21-14/h3-6,14-16,21H,7-11H2,1-2H3,(H,22,24). The van der Waals surface area contributed by atoms with E-state index in [0.29, 0.717) is 30.0 Å². The number of nitrogens with one attached hydrogen (secondary N) is 2. The van der Waals surface area contributed by atoms with Crippen molar-refractivity contribution in [1.82, 2.24) is 15.8 Å². The van der Waals surface area contributed by atoms with Crippen molar-refractivity contribution in [3.05, 3.63) is 46.8 Å². The Bertz CT molecular complexity index is 770. The van der Waals surface area contributed by atoms with Gasteiger partial charge in [0.2, 0.25) is 0 Å². The Balaban J connectivity index is 1.44. The van der Waals surface area contributed by atoms with Crippen LogP contribution in [0.3, 0.4) is 0 Å². The Labute approximate surface area is 153 Å². The fourth-order valence-corrected chi connectivity index (χ4v) is 4.08. The summed E-state index contributed by atoms with van der Waals surface area (Å²) < 4.78 is 11.1. The number of hydrogen-bond acceptors (Lipinski definition) is 5. The van der Waals surface area contributed by atoms with Gasteiger partial charge in [-0.15, -0.1) is 0 Å². The molecule has 2 unspecified atom stereocenters. The van der Waals surface area contributed by atoms with Crippen molar-refractivity contribution in [1.29, 1.82) is 0 Å². The Morgan fingerprint density at radius 2 is 2.00 bits per heavy atom. The van der Waals surface area contributed by atoms with Gasteiger partial charge in [0.05, 0.1) is 16.8 Å². The number of hydrogen-bond donors (Lipinski definition) is 2. The van der Waals surface area contributed by atoms with Crippen LogP contribution in [0, 0.1) is 13.8 Å². The number of rotatable bonds is 5. The molecule has 0 spiro atoms. The molecule has 0 radical (unpaired) electrons. The number of fused-ring (bicyclic) bond motifs is 2. The van der Waals surface area contributed by atoms with Gasteiger partial charge in [-0.3, -0.25) is 4.79 Å². The number of ether oxygens (including phenoxy) is 1. The van der Waals surface area contributed by atoms with Crippen LogP contribution in [0.25, 0.3) is 0 Å². The van der Waals surface area contributed by atoms with E-state index in [2.05, 4.69) is 15.8 Å². The number of nitrogens with zero attached hydrogens (tertiary/aromatic N) is 1. The van der Waals surface area contributed by atoms with Crippen LogP contribution in [-0.4, -0.2) is 29.2 Å². The average Bonchev–Trinajstić information content (AvgIpc) is 3.14. The van der Waals surface area contributed by atoms with Crippen molar-refractivity contribution in [2.24, 2.45) is 0 Å². The quantitative estimate of drug-likeness (QED) is 0.862. The fraction of sp³-hybridized carbons (Fsp3) is 0.500. The highest BCUT2D eigenvalue weighted by Crippen LogP contribution is 2.28. The van der Waals surface area contributed by atoms with E-state index in [1.165, 1.54) is 12.8 Å². The van der Waals surface area contributed by atoms with E-state index in [1.54, 1.807) is 0 Å². The number of para-hydroxylation sites is 1. The number of aryl methyl sites for hydroxylation is 2. The highest BCUT2D eigenvalue weighted by Gasteiger charge is 2.34. The molecule has 2 aliphatic heterocycles. The van der Waals surface area contributed by atoms with Gasteiger partial charge in [0.15, 0.2) is 0 Å². The molecule has 6 heteroatoms. The first kappa shape index (κ1) is 17.1. The summed E-state index contributed by atoms with van der Waals surface area (Å²) in [5.41, 5.74) is 2.31. The molecule has 2 bridgehead atoms.